The predicted molar refractivity (Wildman–Crippen MR) is 320 cm³/mol. The number of amides is 2. The molecule has 2 fully saturated rings. The lowest BCUT2D eigenvalue weighted by Gasteiger charge is -2.44. The van der Waals surface area contributed by atoms with Crippen LogP contribution >= 0.6 is 23.2 Å². The van der Waals surface area contributed by atoms with Crippen LogP contribution in [0.4, 0.5) is 11.4 Å². The summed E-state index contributed by atoms with van der Waals surface area (Å²) in [7, 11) is -7.77. The SMILES string of the molecule is C[C@@H]1/C=C/C(=O)[C@@H]2CC[C@H]2CN2C[C@@]3(CCCc4cc(Cl)ccc43)COc3ccc(cc32)C(=O)NS(=O)(=O)C[C@@H]1C.C[C@@H]1CS(=O)(=O)NC(=O)c2ccc3c(c2)N(C[C@@H]2CC[C@H]2C(=O)/C=C/[C@@H]1C)C[C@@]1(CCCc2cc(Cl)ccc21)CO3. The molecule has 82 heavy (non-hydrogen) atoms. The Bertz CT molecular complexity index is 3270. The summed E-state index contributed by atoms with van der Waals surface area (Å²) in [6.07, 6.45) is 16.4. The zero-order chi connectivity index (χ0) is 57.9. The topological polar surface area (TPSA) is 186 Å². The molecule has 2 spiro atoms. The van der Waals surface area contributed by atoms with Crippen LogP contribution in [0, 0.1) is 47.3 Å². The third-order valence-corrected chi connectivity index (χ3v) is 22.9. The Morgan fingerprint density at radius 1 is 0.549 bits per heavy atom. The normalized spacial score (nSPS) is 32.0. The lowest BCUT2D eigenvalue weighted by molar-refractivity contribution is -0.123. The summed E-state index contributed by atoms with van der Waals surface area (Å²) in [4.78, 5) is 57.6. The summed E-state index contributed by atoms with van der Waals surface area (Å²) in [6.45, 7) is 11.1. The number of aryl methyl sites for hydroxylation is 2. The van der Waals surface area contributed by atoms with E-state index in [2.05, 4.69) is 43.5 Å². The number of sulfonamides is 2. The fourth-order valence-electron chi connectivity index (χ4n) is 14.0. The number of ketones is 2. The minimum atomic E-state index is -3.89. The van der Waals surface area contributed by atoms with Gasteiger partial charge in [-0.1, -0.05) is 75.2 Å². The Morgan fingerprint density at radius 2 is 0.963 bits per heavy atom. The lowest BCUT2D eigenvalue weighted by Crippen LogP contribution is -2.49. The summed E-state index contributed by atoms with van der Waals surface area (Å²) < 4.78 is 69.2. The number of hydrogen-bond donors (Lipinski definition) is 2. The Morgan fingerprint density at radius 3 is 1.35 bits per heavy atom. The first-order valence-electron chi connectivity index (χ1n) is 29.2. The predicted octanol–water partition coefficient (Wildman–Crippen LogP) is 10.6. The molecule has 12 rings (SSSR count). The molecular weight excluding hydrogens is 1120 g/mol. The number of nitrogens with one attached hydrogen (secondary N) is 2. The van der Waals surface area contributed by atoms with Gasteiger partial charge in [-0.25, -0.2) is 26.3 Å². The van der Waals surface area contributed by atoms with Crippen molar-refractivity contribution in [3.63, 3.8) is 0 Å². The molecule has 10 atom stereocenters. The summed E-state index contributed by atoms with van der Waals surface area (Å²) in [6, 6.07) is 22.5. The Hall–Kier alpha value is -5.68. The third kappa shape index (κ3) is 12.0. The fourth-order valence-corrected chi connectivity index (χ4v) is 17.3. The molecule has 14 nitrogen and oxygen atoms in total. The van der Waals surface area contributed by atoms with Gasteiger partial charge < -0.3 is 19.3 Å². The van der Waals surface area contributed by atoms with Crippen molar-refractivity contribution in [2.75, 3.05) is 60.7 Å². The molecular formula is C64H74Cl2N4O10S2. The average molecular weight is 1190 g/mol. The van der Waals surface area contributed by atoms with Crippen LogP contribution in [0.5, 0.6) is 11.5 Å². The Labute approximate surface area is 492 Å². The number of nitrogens with zero attached hydrogens (tertiary/aromatic N) is 2. The number of allylic oxidation sites excluding steroid dienone is 4. The molecule has 0 unspecified atom stereocenters. The summed E-state index contributed by atoms with van der Waals surface area (Å²) in [5.41, 5.74) is 6.45. The minimum Gasteiger partial charge on any atom is -0.490 e. The van der Waals surface area contributed by atoms with E-state index in [0.717, 1.165) is 85.6 Å². The van der Waals surface area contributed by atoms with Crippen LogP contribution in [0.25, 0.3) is 0 Å². The van der Waals surface area contributed by atoms with Crippen molar-refractivity contribution in [1.82, 2.24) is 9.44 Å². The molecule has 4 aromatic carbocycles. The number of anilines is 2. The van der Waals surface area contributed by atoms with Gasteiger partial charge in [0, 0.05) is 70.0 Å². The largest absolute Gasteiger partial charge is 0.490 e. The van der Waals surface area contributed by atoms with Crippen molar-refractivity contribution in [3.8, 4) is 11.5 Å². The molecule has 2 saturated carbocycles. The first-order valence-corrected chi connectivity index (χ1v) is 33.3. The molecule has 0 aromatic heterocycles. The Kier molecular flexibility index (Phi) is 16.3. The van der Waals surface area contributed by atoms with Crippen molar-refractivity contribution in [2.24, 2.45) is 47.3 Å². The van der Waals surface area contributed by atoms with Gasteiger partial charge in [-0.05, 0) is 195 Å². The van der Waals surface area contributed by atoms with Crippen LogP contribution in [-0.2, 0) is 53.3 Å². The van der Waals surface area contributed by atoms with E-state index >= 15 is 0 Å². The number of fused-ring (bicyclic) bond motifs is 8. The molecule has 18 heteroatoms. The van der Waals surface area contributed by atoms with Crippen LogP contribution in [-0.4, -0.2) is 91.1 Å². The van der Waals surface area contributed by atoms with Gasteiger partial charge in [0.15, 0.2) is 11.6 Å². The molecule has 4 bridgehead atoms. The first-order chi connectivity index (χ1) is 39.1. The first kappa shape index (κ1) is 58.1. The van der Waals surface area contributed by atoms with Gasteiger partial charge in [0.05, 0.1) is 36.1 Å². The second-order valence-electron chi connectivity index (χ2n) is 25.1. The molecule has 4 heterocycles. The van der Waals surface area contributed by atoms with Crippen LogP contribution in [0.1, 0.15) is 122 Å². The molecule has 8 aliphatic rings. The molecule has 2 N–H and O–H groups in total. The van der Waals surface area contributed by atoms with Gasteiger partial charge in [0.2, 0.25) is 20.0 Å². The van der Waals surface area contributed by atoms with Gasteiger partial charge in [-0.15, -0.1) is 0 Å². The van der Waals surface area contributed by atoms with Crippen molar-refractivity contribution < 1.29 is 45.5 Å². The molecule has 0 saturated heterocycles. The van der Waals surface area contributed by atoms with E-state index in [4.69, 9.17) is 32.7 Å². The number of hydrogen-bond acceptors (Lipinski definition) is 12. The van der Waals surface area contributed by atoms with Crippen LogP contribution in [0.2, 0.25) is 10.0 Å². The number of rotatable bonds is 0. The molecule has 4 aliphatic heterocycles. The standard InChI is InChI=1S/2C32H37ClN2O5S/c2*1-20-5-11-29(36)26-9-6-24(26)16-35-18-32(13-3-4-22-14-25(33)8-10-27(22)32)19-40-30-12-7-23(15-28(30)35)31(37)34-41(38,39)17-21(20)2/h2*5,7-8,10-12,14-15,20-21,24,26H,3-4,6,9,13,16-19H2,1-2H3,(H,34,37)/b2*11-5+/t20-,21+,24+,26-,32+;20-,21+,24-,26+,32-/m10/s1. The number of carbonyl (C=O) groups is 4. The minimum absolute atomic E-state index is 0.0714. The van der Waals surface area contributed by atoms with Crippen molar-refractivity contribution in [2.45, 2.75) is 103 Å². The van der Waals surface area contributed by atoms with Crippen molar-refractivity contribution in [3.05, 3.63) is 141 Å². The lowest BCUT2D eigenvalue weighted by atomic mass is 9.68. The summed E-state index contributed by atoms with van der Waals surface area (Å²) >= 11 is 12.7. The monoisotopic (exact) mass is 1190 g/mol. The number of carbonyl (C=O) groups excluding carboxylic acids is 4. The maximum atomic E-state index is 13.3. The van der Waals surface area contributed by atoms with E-state index in [1.807, 2.05) is 52.0 Å². The maximum Gasteiger partial charge on any atom is 0.264 e. The van der Waals surface area contributed by atoms with E-state index in [-0.39, 0.29) is 92.4 Å². The molecule has 0 radical (unpaired) electrons. The highest BCUT2D eigenvalue weighted by Gasteiger charge is 2.47. The van der Waals surface area contributed by atoms with E-state index in [9.17, 15) is 36.0 Å². The van der Waals surface area contributed by atoms with Crippen molar-refractivity contribution in [1.29, 1.82) is 0 Å². The van der Waals surface area contributed by atoms with Gasteiger partial charge in [0.1, 0.15) is 11.5 Å². The molecule has 4 aliphatic carbocycles. The summed E-state index contributed by atoms with van der Waals surface area (Å²) in [5, 5.41) is 1.45. The van der Waals surface area contributed by atoms with Gasteiger partial charge in [-0.3, -0.25) is 19.2 Å². The number of halogens is 2. The molecule has 436 valence electrons. The van der Waals surface area contributed by atoms with Gasteiger partial charge in [0.25, 0.3) is 11.8 Å². The highest BCUT2D eigenvalue weighted by Crippen LogP contribution is 2.49. The van der Waals surface area contributed by atoms with Crippen LogP contribution < -0.4 is 28.7 Å². The second-order valence-corrected chi connectivity index (χ2v) is 29.5. The van der Waals surface area contributed by atoms with E-state index in [0.29, 0.717) is 50.9 Å². The van der Waals surface area contributed by atoms with E-state index in [1.165, 1.54) is 22.3 Å². The van der Waals surface area contributed by atoms with Gasteiger partial charge in [-0.2, -0.15) is 0 Å². The number of benzene rings is 4. The zero-order valence-corrected chi connectivity index (χ0v) is 50.3. The number of ether oxygens (including phenoxy) is 2. The Balaban J connectivity index is 0.000000172. The summed E-state index contributed by atoms with van der Waals surface area (Å²) in [5.74, 6) is -0.770. The third-order valence-electron chi connectivity index (χ3n) is 19.5. The quantitative estimate of drug-likeness (QED) is 0.170. The molecule has 2 amide bonds. The zero-order valence-electron chi connectivity index (χ0n) is 47.1. The maximum absolute atomic E-state index is 13.3. The van der Waals surface area contributed by atoms with E-state index < -0.39 is 31.9 Å². The smallest absolute Gasteiger partial charge is 0.264 e. The van der Waals surface area contributed by atoms with Crippen LogP contribution in [0.3, 0.4) is 0 Å². The van der Waals surface area contributed by atoms with E-state index in [1.54, 1.807) is 48.6 Å². The van der Waals surface area contributed by atoms with Gasteiger partial charge >= 0.3 is 0 Å². The highest BCUT2D eigenvalue weighted by molar-refractivity contribution is 7.90. The molecule has 4 aromatic rings. The van der Waals surface area contributed by atoms with Crippen molar-refractivity contribution >= 4 is 78.0 Å². The average Bonchev–Trinajstić information content (AvgIpc) is 3.90. The van der Waals surface area contributed by atoms with Crippen LogP contribution in [0.15, 0.2) is 97.1 Å². The highest BCUT2D eigenvalue weighted by atomic mass is 35.5. The fraction of sp³-hybridized carbons (Fsp3) is 0.500. The second kappa shape index (κ2) is 23.1.